The molecule has 98 valence electrons. The van der Waals surface area contributed by atoms with Crippen LogP contribution in [-0.2, 0) is 11.2 Å². The van der Waals surface area contributed by atoms with E-state index in [0.717, 1.165) is 0 Å². The van der Waals surface area contributed by atoms with Crippen molar-refractivity contribution in [2.75, 3.05) is 14.2 Å². The highest BCUT2D eigenvalue weighted by atomic mass is 16.6. The molecule has 1 aromatic carbocycles. The number of methoxy groups -OCH3 is 2. The highest BCUT2D eigenvalue weighted by Crippen LogP contribution is 2.36. The standard InChI is InChI=1S/C11H13NO6/c1-17-9-6-8(12(15)16)5-7(11(9)18-2)3-4-10(13)14/h5-6H,3-4H2,1-2H3,(H,13,14). The number of carboxylic acids is 1. The molecule has 0 spiro atoms. The maximum absolute atomic E-state index is 10.8. The van der Waals surface area contributed by atoms with Crippen LogP contribution in [0.15, 0.2) is 12.1 Å². The van der Waals surface area contributed by atoms with Crippen LogP contribution in [0.5, 0.6) is 11.5 Å². The summed E-state index contributed by atoms with van der Waals surface area (Å²) in [5, 5.41) is 19.4. The Morgan fingerprint density at radius 1 is 1.39 bits per heavy atom. The Labute approximate surface area is 103 Å². The Morgan fingerprint density at radius 3 is 2.50 bits per heavy atom. The molecule has 0 saturated carbocycles. The molecule has 0 fully saturated rings. The Bertz CT molecular complexity index is 471. The van der Waals surface area contributed by atoms with Gasteiger partial charge in [-0.15, -0.1) is 0 Å². The molecule has 7 heteroatoms. The van der Waals surface area contributed by atoms with Crippen LogP contribution in [0.1, 0.15) is 12.0 Å². The number of nitro benzene ring substituents is 1. The van der Waals surface area contributed by atoms with Crippen molar-refractivity contribution in [1.29, 1.82) is 0 Å². The third kappa shape index (κ3) is 3.09. The first-order valence-corrected chi connectivity index (χ1v) is 5.10. The van der Waals surface area contributed by atoms with Crippen molar-refractivity contribution in [2.24, 2.45) is 0 Å². The van der Waals surface area contributed by atoms with Gasteiger partial charge in [0.25, 0.3) is 5.69 Å². The lowest BCUT2D eigenvalue weighted by Gasteiger charge is -2.12. The second kappa shape index (κ2) is 5.85. The van der Waals surface area contributed by atoms with Crippen molar-refractivity contribution in [2.45, 2.75) is 12.8 Å². The fourth-order valence-corrected chi connectivity index (χ4v) is 1.56. The van der Waals surface area contributed by atoms with Crippen molar-refractivity contribution in [3.8, 4) is 11.5 Å². The van der Waals surface area contributed by atoms with Crippen LogP contribution >= 0.6 is 0 Å². The summed E-state index contributed by atoms with van der Waals surface area (Å²) in [5.41, 5.74) is 0.277. The summed E-state index contributed by atoms with van der Waals surface area (Å²) in [4.78, 5) is 20.7. The molecule has 0 aliphatic rings. The largest absolute Gasteiger partial charge is 0.493 e. The van der Waals surface area contributed by atoms with E-state index >= 15 is 0 Å². The third-order valence-corrected chi connectivity index (χ3v) is 2.36. The lowest BCUT2D eigenvalue weighted by atomic mass is 10.1. The topological polar surface area (TPSA) is 98.9 Å². The van der Waals surface area contributed by atoms with Crippen LogP contribution in [0.4, 0.5) is 5.69 Å². The molecule has 0 radical (unpaired) electrons. The molecule has 1 N–H and O–H groups in total. The van der Waals surface area contributed by atoms with Crippen LogP contribution in [0.2, 0.25) is 0 Å². The molecule has 0 heterocycles. The van der Waals surface area contributed by atoms with Gasteiger partial charge in [0, 0.05) is 18.1 Å². The maximum Gasteiger partial charge on any atom is 0.303 e. The van der Waals surface area contributed by atoms with E-state index in [9.17, 15) is 14.9 Å². The van der Waals surface area contributed by atoms with Gasteiger partial charge in [-0.25, -0.2) is 0 Å². The van der Waals surface area contributed by atoms with E-state index in [1.165, 1.54) is 26.4 Å². The maximum atomic E-state index is 10.8. The summed E-state index contributed by atoms with van der Waals surface area (Å²) >= 11 is 0. The average Bonchev–Trinajstić information content (AvgIpc) is 2.34. The molecule has 0 unspecified atom stereocenters. The zero-order valence-corrected chi connectivity index (χ0v) is 10.0. The quantitative estimate of drug-likeness (QED) is 0.612. The van der Waals surface area contributed by atoms with Gasteiger partial charge >= 0.3 is 5.97 Å². The molecule has 0 aliphatic heterocycles. The molecule has 0 aliphatic carbocycles. The molecular formula is C11H13NO6. The molecule has 1 aromatic rings. The number of aryl methyl sites for hydroxylation is 1. The predicted octanol–water partition coefficient (Wildman–Crippen LogP) is 1.63. The number of ether oxygens (including phenoxy) is 2. The number of carboxylic acid groups (broad SMARTS) is 1. The highest BCUT2D eigenvalue weighted by Gasteiger charge is 2.18. The number of rotatable bonds is 6. The summed E-state index contributed by atoms with van der Waals surface area (Å²) in [7, 11) is 2.76. The van der Waals surface area contributed by atoms with E-state index in [1.807, 2.05) is 0 Å². The van der Waals surface area contributed by atoms with Crippen LogP contribution in [0.3, 0.4) is 0 Å². The van der Waals surface area contributed by atoms with Crippen LogP contribution < -0.4 is 9.47 Å². The number of aliphatic carboxylic acids is 1. The zero-order valence-electron chi connectivity index (χ0n) is 10.0. The summed E-state index contributed by atoms with van der Waals surface area (Å²) < 4.78 is 10.1. The zero-order chi connectivity index (χ0) is 13.7. The SMILES string of the molecule is COc1cc([N+](=O)[O-])cc(CCC(=O)O)c1OC. The monoisotopic (exact) mass is 255 g/mol. The van der Waals surface area contributed by atoms with Gasteiger partial charge in [0.2, 0.25) is 0 Å². The number of hydrogen-bond donors (Lipinski definition) is 1. The fraction of sp³-hybridized carbons (Fsp3) is 0.364. The number of nitro groups is 1. The van der Waals surface area contributed by atoms with E-state index < -0.39 is 10.9 Å². The summed E-state index contributed by atoms with van der Waals surface area (Å²) in [6, 6.07) is 2.54. The first-order chi connectivity index (χ1) is 8.49. The first-order valence-electron chi connectivity index (χ1n) is 5.10. The third-order valence-electron chi connectivity index (χ3n) is 2.36. The van der Waals surface area contributed by atoms with Crippen LogP contribution in [0, 0.1) is 10.1 Å². The predicted molar refractivity (Wildman–Crippen MR) is 62.2 cm³/mol. The number of nitrogens with zero attached hydrogens (tertiary/aromatic N) is 1. The van der Waals surface area contributed by atoms with Gasteiger partial charge in [-0.3, -0.25) is 14.9 Å². The second-order valence-electron chi connectivity index (χ2n) is 3.49. The fourth-order valence-electron chi connectivity index (χ4n) is 1.56. The van der Waals surface area contributed by atoms with Crippen molar-refractivity contribution in [3.63, 3.8) is 0 Å². The molecule has 0 aromatic heterocycles. The highest BCUT2D eigenvalue weighted by molar-refractivity contribution is 5.67. The van der Waals surface area contributed by atoms with Gasteiger partial charge in [-0.2, -0.15) is 0 Å². The molecular weight excluding hydrogens is 242 g/mol. The molecule has 0 bridgehead atoms. The number of hydrogen-bond acceptors (Lipinski definition) is 5. The summed E-state index contributed by atoms with van der Waals surface area (Å²) in [6.45, 7) is 0. The Hall–Kier alpha value is -2.31. The number of benzene rings is 1. The minimum atomic E-state index is -0.984. The van der Waals surface area contributed by atoms with Crippen molar-refractivity contribution >= 4 is 11.7 Å². The smallest absolute Gasteiger partial charge is 0.303 e. The molecule has 0 amide bonds. The number of non-ortho nitro benzene ring substituents is 1. The second-order valence-corrected chi connectivity index (χ2v) is 3.49. The van der Waals surface area contributed by atoms with Gasteiger partial charge < -0.3 is 14.6 Å². The van der Waals surface area contributed by atoms with Crippen molar-refractivity contribution in [1.82, 2.24) is 0 Å². The van der Waals surface area contributed by atoms with E-state index in [-0.39, 0.29) is 24.3 Å². The van der Waals surface area contributed by atoms with Crippen molar-refractivity contribution < 1.29 is 24.3 Å². The van der Waals surface area contributed by atoms with E-state index in [4.69, 9.17) is 14.6 Å². The molecule has 0 atom stereocenters. The average molecular weight is 255 g/mol. The van der Waals surface area contributed by atoms with Crippen molar-refractivity contribution in [3.05, 3.63) is 27.8 Å². The number of carbonyl (C=O) groups is 1. The Kier molecular flexibility index (Phi) is 4.47. The van der Waals surface area contributed by atoms with Gasteiger partial charge in [-0.1, -0.05) is 0 Å². The van der Waals surface area contributed by atoms with E-state index in [2.05, 4.69) is 0 Å². The summed E-state index contributed by atoms with van der Waals surface area (Å²) in [6.07, 6.45) is -0.00275. The van der Waals surface area contributed by atoms with Gasteiger partial charge in [0.1, 0.15) is 0 Å². The minimum absolute atomic E-state index is 0.135. The van der Waals surface area contributed by atoms with Gasteiger partial charge in [0.05, 0.1) is 25.2 Å². The first kappa shape index (κ1) is 13.8. The van der Waals surface area contributed by atoms with Crippen LogP contribution in [0.25, 0.3) is 0 Å². The van der Waals surface area contributed by atoms with E-state index in [1.54, 1.807) is 0 Å². The molecule has 7 nitrogen and oxygen atoms in total. The molecule has 18 heavy (non-hydrogen) atoms. The lowest BCUT2D eigenvalue weighted by molar-refractivity contribution is -0.385. The lowest BCUT2D eigenvalue weighted by Crippen LogP contribution is -2.02. The van der Waals surface area contributed by atoms with E-state index in [0.29, 0.717) is 11.3 Å². The van der Waals surface area contributed by atoms with Crippen LogP contribution in [-0.4, -0.2) is 30.2 Å². The van der Waals surface area contributed by atoms with Gasteiger partial charge in [0.15, 0.2) is 11.5 Å². The van der Waals surface area contributed by atoms with Gasteiger partial charge in [-0.05, 0) is 6.42 Å². The summed E-state index contributed by atoms with van der Waals surface area (Å²) in [5.74, 6) is -0.445. The molecule has 0 saturated heterocycles. The minimum Gasteiger partial charge on any atom is -0.493 e. The Balaban J connectivity index is 3.21. The molecule has 1 rings (SSSR count). The normalized spacial score (nSPS) is 9.89. The Morgan fingerprint density at radius 2 is 2.06 bits per heavy atom.